The van der Waals surface area contributed by atoms with E-state index < -0.39 is 5.60 Å². The Bertz CT molecular complexity index is 365. The molecule has 0 atom stereocenters. The fourth-order valence-electron chi connectivity index (χ4n) is 1.91. The Hall–Kier alpha value is -0.860. The van der Waals surface area contributed by atoms with Gasteiger partial charge >= 0.3 is 0 Å². The summed E-state index contributed by atoms with van der Waals surface area (Å²) in [6.45, 7) is 4.05. The number of aliphatic hydroxyl groups is 1. The predicted octanol–water partition coefficient (Wildman–Crippen LogP) is 2.55. The largest absolute Gasteiger partial charge is 0.385 e. The van der Waals surface area contributed by atoms with E-state index in [4.69, 9.17) is 4.74 Å². The van der Waals surface area contributed by atoms with E-state index in [0.29, 0.717) is 0 Å². The normalized spacial score (nSPS) is 18.9. The van der Waals surface area contributed by atoms with E-state index in [0.717, 1.165) is 24.0 Å². The number of rotatable bonds is 3. The van der Waals surface area contributed by atoms with Crippen LogP contribution in [0, 0.1) is 0 Å². The molecule has 1 N–H and O–H groups in total. The quantitative estimate of drug-likeness (QED) is 0.823. The standard InChI is InChI=1S/C13H18O2/c1-12(2,15-3)10-6-4-5-7-11(10)13(14)8-9-13/h4-7,14H,8-9H2,1-3H3. The summed E-state index contributed by atoms with van der Waals surface area (Å²) in [7, 11) is 1.70. The molecule has 1 fully saturated rings. The molecule has 0 unspecified atom stereocenters. The summed E-state index contributed by atoms with van der Waals surface area (Å²) in [5.74, 6) is 0. The SMILES string of the molecule is COC(C)(C)c1ccccc1C1(O)CC1. The predicted molar refractivity (Wildman–Crippen MR) is 59.6 cm³/mol. The van der Waals surface area contributed by atoms with Crippen molar-refractivity contribution in [3.05, 3.63) is 35.4 Å². The zero-order valence-electron chi connectivity index (χ0n) is 9.58. The van der Waals surface area contributed by atoms with Gasteiger partial charge in [-0.3, -0.25) is 0 Å². The minimum absolute atomic E-state index is 0.338. The number of hydrogen-bond donors (Lipinski definition) is 1. The summed E-state index contributed by atoms with van der Waals surface area (Å²) in [4.78, 5) is 0. The molecule has 1 aromatic rings. The van der Waals surface area contributed by atoms with E-state index >= 15 is 0 Å². The molecule has 0 amide bonds. The summed E-state index contributed by atoms with van der Waals surface area (Å²) < 4.78 is 5.48. The van der Waals surface area contributed by atoms with Gasteiger partial charge in [-0.25, -0.2) is 0 Å². The van der Waals surface area contributed by atoms with Gasteiger partial charge in [-0.2, -0.15) is 0 Å². The first-order chi connectivity index (χ1) is 6.99. The highest BCUT2D eigenvalue weighted by atomic mass is 16.5. The van der Waals surface area contributed by atoms with Crippen LogP contribution >= 0.6 is 0 Å². The second-order valence-corrected chi connectivity index (χ2v) is 4.79. The molecule has 2 heteroatoms. The lowest BCUT2D eigenvalue weighted by molar-refractivity contribution is 0.0153. The van der Waals surface area contributed by atoms with Crippen LogP contribution in [0.4, 0.5) is 0 Å². The monoisotopic (exact) mass is 206 g/mol. The van der Waals surface area contributed by atoms with Gasteiger partial charge in [0.25, 0.3) is 0 Å². The lowest BCUT2D eigenvalue weighted by Gasteiger charge is -2.28. The number of hydrogen-bond acceptors (Lipinski definition) is 2. The van der Waals surface area contributed by atoms with Gasteiger partial charge in [0.15, 0.2) is 0 Å². The summed E-state index contributed by atoms with van der Waals surface area (Å²) in [6.07, 6.45) is 1.73. The summed E-state index contributed by atoms with van der Waals surface area (Å²) in [6, 6.07) is 8.00. The highest BCUT2D eigenvalue weighted by Crippen LogP contribution is 2.48. The van der Waals surface area contributed by atoms with E-state index in [9.17, 15) is 5.11 Å². The summed E-state index contributed by atoms with van der Waals surface area (Å²) >= 11 is 0. The Labute approximate surface area is 90.9 Å². The van der Waals surface area contributed by atoms with Crippen molar-refractivity contribution in [2.75, 3.05) is 7.11 Å². The molecule has 0 heterocycles. The molecule has 82 valence electrons. The summed E-state index contributed by atoms with van der Waals surface area (Å²) in [5, 5.41) is 10.2. The highest BCUT2D eigenvalue weighted by molar-refractivity contribution is 5.39. The van der Waals surface area contributed by atoms with Crippen molar-refractivity contribution < 1.29 is 9.84 Å². The number of benzene rings is 1. The van der Waals surface area contributed by atoms with Crippen molar-refractivity contribution >= 4 is 0 Å². The second-order valence-electron chi connectivity index (χ2n) is 4.79. The first kappa shape index (κ1) is 10.7. The molecule has 2 rings (SSSR count). The molecule has 2 nitrogen and oxygen atoms in total. The first-order valence-electron chi connectivity index (χ1n) is 5.37. The Morgan fingerprint density at radius 2 is 1.87 bits per heavy atom. The smallest absolute Gasteiger partial charge is 0.0902 e. The maximum absolute atomic E-state index is 10.2. The van der Waals surface area contributed by atoms with E-state index in [1.807, 2.05) is 38.1 Å². The van der Waals surface area contributed by atoms with E-state index in [1.54, 1.807) is 7.11 Å². The van der Waals surface area contributed by atoms with Crippen LogP contribution in [0.1, 0.15) is 37.8 Å². The minimum Gasteiger partial charge on any atom is -0.385 e. The van der Waals surface area contributed by atoms with Crippen molar-refractivity contribution in [3.63, 3.8) is 0 Å². The van der Waals surface area contributed by atoms with Gasteiger partial charge in [0.05, 0.1) is 11.2 Å². The first-order valence-corrected chi connectivity index (χ1v) is 5.37. The average molecular weight is 206 g/mol. The maximum atomic E-state index is 10.2. The molecule has 1 aliphatic carbocycles. The molecule has 0 spiro atoms. The second kappa shape index (κ2) is 3.32. The molecule has 0 aliphatic heterocycles. The molecule has 0 radical (unpaired) electrons. The van der Waals surface area contributed by atoms with Gasteiger partial charge in [-0.05, 0) is 37.8 Å². The molecule has 1 saturated carbocycles. The van der Waals surface area contributed by atoms with Crippen molar-refractivity contribution in [2.45, 2.75) is 37.9 Å². The number of ether oxygens (including phenoxy) is 1. The van der Waals surface area contributed by atoms with Crippen LogP contribution < -0.4 is 0 Å². The Kier molecular flexibility index (Phi) is 2.36. The minimum atomic E-state index is -0.591. The third kappa shape index (κ3) is 1.80. The van der Waals surface area contributed by atoms with Crippen LogP contribution in [0.3, 0.4) is 0 Å². The van der Waals surface area contributed by atoms with Gasteiger partial charge in [0.1, 0.15) is 0 Å². The topological polar surface area (TPSA) is 29.5 Å². The molecular weight excluding hydrogens is 188 g/mol. The Balaban J connectivity index is 2.47. The van der Waals surface area contributed by atoms with Crippen LogP contribution in [-0.4, -0.2) is 12.2 Å². The van der Waals surface area contributed by atoms with Crippen LogP contribution in [0.2, 0.25) is 0 Å². The van der Waals surface area contributed by atoms with E-state index in [2.05, 4.69) is 0 Å². The fraction of sp³-hybridized carbons (Fsp3) is 0.538. The summed E-state index contributed by atoms with van der Waals surface area (Å²) in [5.41, 5.74) is 1.19. The van der Waals surface area contributed by atoms with Crippen molar-refractivity contribution in [2.24, 2.45) is 0 Å². The molecule has 0 aromatic heterocycles. The van der Waals surface area contributed by atoms with Crippen LogP contribution in [0.15, 0.2) is 24.3 Å². The molecule has 1 aliphatic rings. The molecule has 1 aromatic carbocycles. The van der Waals surface area contributed by atoms with Gasteiger partial charge in [0.2, 0.25) is 0 Å². The third-order valence-electron chi connectivity index (χ3n) is 3.31. The zero-order chi connectivity index (χ0) is 11.1. The van der Waals surface area contributed by atoms with Crippen LogP contribution in [0.25, 0.3) is 0 Å². The van der Waals surface area contributed by atoms with Crippen molar-refractivity contribution in [1.82, 2.24) is 0 Å². The van der Waals surface area contributed by atoms with Crippen LogP contribution in [-0.2, 0) is 15.9 Å². The van der Waals surface area contributed by atoms with Crippen molar-refractivity contribution in [1.29, 1.82) is 0 Å². The lowest BCUT2D eigenvalue weighted by atomic mass is 9.89. The molecule has 0 bridgehead atoms. The van der Waals surface area contributed by atoms with Gasteiger partial charge in [-0.15, -0.1) is 0 Å². The van der Waals surface area contributed by atoms with Crippen LogP contribution in [0.5, 0.6) is 0 Å². The Morgan fingerprint density at radius 1 is 1.27 bits per heavy atom. The molecular formula is C13H18O2. The van der Waals surface area contributed by atoms with E-state index in [1.165, 1.54) is 0 Å². The van der Waals surface area contributed by atoms with Gasteiger partial charge in [0, 0.05) is 7.11 Å². The third-order valence-corrected chi connectivity index (χ3v) is 3.31. The average Bonchev–Trinajstić information content (AvgIpc) is 2.98. The number of methoxy groups -OCH3 is 1. The van der Waals surface area contributed by atoms with Gasteiger partial charge in [-0.1, -0.05) is 24.3 Å². The highest BCUT2D eigenvalue weighted by Gasteiger charge is 2.45. The molecule has 0 saturated heterocycles. The molecule has 15 heavy (non-hydrogen) atoms. The lowest BCUT2D eigenvalue weighted by Crippen LogP contribution is -2.24. The Morgan fingerprint density at radius 3 is 2.40 bits per heavy atom. The fourth-order valence-corrected chi connectivity index (χ4v) is 1.91. The van der Waals surface area contributed by atoms with Crippen molar-refractivity contribution in [3.8, 4) is 0 Å². The zero-order valence-corrected chi connectivity index (χ0v) is 9.58. The van der Waals surface area contributed by atoms with E-state index in [-0.39, 0.29) is 5.60 Å². The van der Waals surface area contributed by atoms with Gasteiger partial charge < -0.3 is 9.84 Å². The maximum Gasteiger partial charge on any atom is 0.0902 e.